The summed E-state index contributed by atoms with van der Waals surface area (Å²) >= 11 is 3.59. The Morgan fingerprint density at radius 1 is 1.08 bits per heavy atom. The van der Waals surface area contributed by atoms with E-state index in [0.29, 0.717) is 22.0 Å². The van der Waals surface area contributed by atoms with Gasteiger partial charge in [0, 0.05) is 16.3 Å². The van der Waals surface area contributed by atoms with Crippen molar-refractivity contribution in [3.63, 3.8) is 0 Å². The van der Waals surface area contributed by atoms with Crippen molar-refractivity contribution < 1.29 is 21.9 Å². The van der Waals surface area contributed by atoms with Crippen molar-refractivity contribution in [2.75, 3.05) is 4.72 Å². The van der Waals surface area contributed by atoms with Crippen molar-refractivity contribution >= 4 is 28.6 Å². The third-order valence-corrected chi connectivity index (χ3v) is 4.12. The van der Waals surface area contributed by atoms with E-state index >= 15 is 0 Å². The lowest BCUT2D eigenvalue weighted by Gasteiger charge is -2.09. The van der Waals surface area contributed by atoms with Gasteiger partial charge >= 0.3 is 6.18 Å². The predicted molar refractivity (Wildman–Crippen MR) is 93.4 cm³/mol. The monoisotopic (exact) mass is 401 g/mol. The van der Waals surface area contributed by atoms with Gasteiger partial charge in [0.2, 0.25) is 0 Å². The van der Waals surface area contributed by atoms with Crippen LogP contribution in [0.15, 0.2) is 54.6 Å². The summed E-state index contributed by atoms with van der Waals surface area (Å²) in [6.45, 7) is 0. The minimum absolute atomic E-state index is 0.237. The first kappa shape index (κ1) is 18.4. The maximum absolute atomic E-state index is 13.1. The first-order valence-electron chi connectivity index (χ1n) is 7.15. The Morgan fingerprint density at radius 2 is 1.69 bits per heavy atom. The lowest BCUT2D eigenvalue weighted by molar-refractivity contribution is -0.141. The van der Waals surface area contributed by atoms with E-state index in [1.807, 2.05) is 0 Å². The van der Waals surface area contributed by atoms with Gasteiger partial charge in [-0.2, -0.15) is 18.3 Å². The zero-order valence-corrected chi connectivity index (χ0v) is 14.4. The summed E-state index contributed by atoms with van der Waals surface area (Å²) in [6.07, 6.45) is -4.60. The predicted octanol–water partition coefficient (Wildman–Crippen LogP) is 4.76. The zero-order chi connectivity index (χ0) is 18.9. The summed E-state index contributed by atoms with van der Waals surface area (Å²) in [4.78, 5) is 0. The van der Waals surface area contributed by atoms with E-state index in [4.69, 9.17) is 16.2 Å². The largest absolute Gasteiger partial charge is 0.435 e. The van der Waals surface area contributed by atoms with Crippen LogP contribution in [0.25, 0.3) is 16.9 Å². The van der Waals surface area contributed by atoms with Crippen molar-refractivity contribution in [1.29, 1.82) is 0 Å². The van der Waals surface area contributed by atoms with Crippen LogP contribution in [0.2, 0.25) is 5.02 Å². The maximum Gasteiger partial charge on any atom is 0.435 e. The van der Waals surface area contributed by atoms with E-state index in [1.54, 1.807) is 24.3 Å². The molecular weight excluding hydrogens is 391 g/mol. The van der Waals surface area contributed by atoms with Crippen LogP contribution in [0.5, 0.6) is 0 Å². The highest BCUT2D eigenvalue weighted by atomic mass is 35.5. The van der Waals surface area contributed by atoms with Gasteiger partial charge in [0.05, 0.1) is 11.4 Å². The lowest BCUT2D eigenvalue weighted by Crippen LogP contribution is -2.07. The number of nitrogens with one attached hydrogen (secondary N) is 1. The quantitative estimate of drug-likeness (QED) is 0.619. The molecule has 1 aromatic heterocycles. The molecule has 0 amide bonds. The second-order valence-corrected chi connectivity index (χ2v) is 6.37. The van der Waals surface area contributed by atoms with Crippen LogP contribution in [0, 0.1) is 0 Å². The normalized spacial score (nSPS) is 12.8. The molecule has 0 aliphatic rings. The summed E-state index contributed by atoms with van der Waals surface area (Å²) in [7, 11) is 0. The zero-order valence-electron chi connectivity index (χ0n) is 12.9. The van der Waals surface area contributed by atoms with E-state index < -0.39 is 23.1 Å². The Labute approximate surface area is 153 Å². The molecule has 0 bridgehead atoms. The van der Waals surface area contributed by atoms with Crippen molar-refractivity contribution in [3.05, 3.63) is 65.3 Å². The molecule has 0 radical (unpaired) electrons. The van der Waals surface area contributed by atoms with Gasteiger partial charge in [-0.3, -0.25) is 9.27 Å². The third-order valence-electron chi connectivity index (χ3n) is 3.46. The molecule has 2 aromatic carbocycles. The Bertz CT molecular complexity index is 941. The standard InChI is InChI=1S/C16H11ClF3N3O2S/c17-11-3-1-10(2-4-11)14-9-15(16(18,19)20)21-23(14)13-7-5-12(6-8-13)22-26(24)25/h1-9,22H,(H,24,25). The maximum atomic E-state index is 13.1. The molecule has 5 nitrogen and oxygen atoms in total. The van der Waals surface area contributed by atoms with Crippen LogP contribution in [-0.2, 0) is 17.4 Å². The molecule has 0 aliphatic carbocycles. The molecule has 3 rings (SSSR count). The second-order valence-electron chi connectivity index (χ2n) is 5.23. The molecule has 26 heavy (non-hydrogen) atoms. The highest BCUT2D eigenvalue weighted by Crippen LogP contribution is 2.33. The Balaban J connectivity index is 2.08. The average Bonchev–Trinajstić information content (AvgIpc) is 3.01. The van der Waals surface area contributed by atoms with Gasteiger partial charge < -0.3 is 0 Å². The molecule has 1 unspecified atom stereocenters. The summed E-state index contributed by atoms with van der Waals surface area (Å²) in [6, 6.07) is 13.2. The number of hydrogen-bond acceptors (Lipinski definition) is 2. The number of benzene rings is 2. The van der Waals surface area contributed by atoms with Gasteiger partial charge in [0.25, 0.3) is 11.3 Å². The molecule has 2 N–H and O–H groups in total. The second kappa shape index (κ2) is 7.10. The molecule has 0 spiro atoms. The fourth-order valence-corrected chi connectivity index (χ4v) is 2.78. The van der Waals surface area contributed by atoms with Crippen LogP contribution >= 0.6 is 11.6 Å². The third kappa shape index (κ3) is 4.06. The fraction of sp³-hybridized carbons (Fsp3) is 0.0625. The van der Waals surface area contributed by atoms with E-state index in [1.165, 1.54) is 24.3 Å². The van der Waals surface area contributed by atoms with Crippen LogP contribution in [-0.4, -0.2) is 18.5 Å². The number of nitrogens with zero attached hydrogens (tertiary/aromatic N) is 2. The summed E-state index contributed by atoms with van der Waals surface area (Å²) in [5.74, 6) is 0. The van der Waals surface area contributed by atoms with E-state index in [9.17, 15) is 17.4 Å². The Kier molecular flexibility index (Phi) is 5.03. The molecule has 0 saturated heterocycles. The molecule has 10 heteroatoms. The number of anilines is 1. The number of aromatic nitrogens is 2. The van der Waals surface area contributed by atoms with E-state index in [2.05, 4.69) is 9.82 Å². The number of hydrogen-bond donors (Lipinski definition) is 2. The first-order chi connectivity index (χ1) is 12.2. The van der Waals surface area contributed by atoms with Crippen molar-refractivity contribution in [1.82, 2.24) is 9.78 Å². The van der Waals surface area contributed by atoms with Gasteiger partial charge in [0.15, 0.2) is 5.69 Å². The van der Waals surface area contributed by atoms with Gasteiger partial charge in [-0.15, -0.1) is 0 Å². The SMILES string of the molecule is O=S(O)Nc1ccc(-n2nc(C(F)(F)F)cc2-c2ccc(Cl)cc2)cc1. The fourth-order valence-electron chi connectivity index (χ4n) is 2.31. The van der Waals surface area contributed by atoms with Crippen LogP contribution < -0.4 is 4.72 Å². The van der Waals surface area contributed by atoms with Crippen molar-refractivity contribution in [2.24, 2.45) is 0 Å². The highest BCUT2D eigenvalue weighted by molar-refractivity contribution is 7.80. The van der Waals surface area contributed by atoms with Gasteiger partial charge in [-0.1, -0.05) is 23.7 Å². The smallest absolute Gasteiger partial charge is 0.289 e. The summed E-state index contributed by atoms with van der Waals surface area (Å²) in [5.41, 5.74) is 0.420. The molecule has 0 saturated carbocycles. The Hall–Kier alpha value is -2.36. The summed E-state index contributed by atoms with van der Waals surface area (Å²) in [5, 5.41) is 4.13. The number of rotatable bonds is 4. The molecule has 3 aromatic rings. The minimum Gasteiger partial charge on any atom is -0.289 e. The van der Waals surface area contributed by atoms with Crippen molar-refractivity contribution in [2.45, 2.75) is 6.18 Å². The van der Waals surface area contributed by atoms with E-state index in [-0.39, 0.29) is 5.69 Å². The van der Waals surface area contributed by atoms with Crippen LogP contribution in [0.4, 0.5) is 18.9 Å². The average molecular weight is 402 g/mol. The minimum atomic E-state index is -4.60. The highest BCUT2D eigenvalue weighted by Gasteiger charge is 2.35. The first-order valence-corrected chi connectivity index (χ1v) is 8.63. The van der Waals surface area contributed by atoms with Gasteiger partial charge in [-0.05, 0) is 42.5 Å². The van der Waals surface area contributed by atoms with Gasteiger partial charge in [0.1, 0.15) is 0 Å². The molecule has 1 atom stereocenters. The molecular formula is C16H11ClF3N3O2S. The Morgan fingerprint density at radius 3 is 2.23 bits per heavy atom. The topological polar surface area (TPSA) is 67.2 Å². The molecule has 1 heterocycles. The molecule has 0 fully saturated rings. The molecule has 136 valence electrons. The van der Waals surface area contributed by atoms with Gasteiger partial charge in [-0.25, -0.2) is 8.89 Å². The van der Waals surface area contributed by atoms with Crippen LogP contribution in [0.3, 0.4) is 0 Å². The molecule has 0 aliphatic heterocycles. The summed E-state index contributed by atoms with van der Waals surface area (Å²) < 4.78 is 62.3. The van der Waals surface area contributed by atoms with E-state index in [0.717, 1.165) is 10.7 Å². The number of alkyl halides is 3. The van der Waals surface area contributed by atoms with Crippen LogP contribution in [0.1, 0.15) is 5.69 Å². The number of halogens is 4. The van der Waals surface area contributed by atoms with Crippen molar-refractivity contribution in [3.8, 4) is 16.9 Å². The lowest BCUT2D eigenvalue weighted by atomic mass is 10.1.